The van der Waals surface area contributed by atoms with E-state index in [0.717, 1.165) is 30.0 Å². The van der Waals surface area contributed by atoms with E-state index in [-0.39, 0.29) is 0 Å². The van der Waals surface area contributed by atoms with E-state index in [1.165, 1.54) is 5.56 Å². The first-order valence-corrected chi connectivity index (χ1v) is 6.86. The van der Waals surface area contributed by atoms with Gasteiger partial charge >= 0.3 is 0 Å². The Morgan fingerprint density at radius 3 is 3.00 bits per heavy atom. The predicted octanol–water partition coefficient (Wildman–Crippen LogP) is 3.69. The number of benzene rings is 1. The lowest BCUT2D eigenvalue weighted by atomic mass is 10.2. The number of nitrogens with zero attached hydrogens (tertiary/aromatic N) is 2. The minimum Gasteiger partial charge on any atom is -0.491 e. The van der Waals surface area contributed by atoms with Crippen LogP contribution in [0.3, 0.4) is 0 Å². The van der Waals surface area contributed by atoms with Crippen LogP contribution in [-0.2, 0) is 6.54 Å². The molecular weight excluding hydrogens is 250 g/mol. The highest BCUT2D eigenvalue weighted by molar-refractivity contribution is 5.57. The van der Waals surface area contributed by atoms with Gasteiger partial charge in [0, 0.05) is 24.5 Å². The van der Waals surface area contributed by atoms with Gasteiger partial charge in [0.1, 0.15) is 5.75 Å². The Kier molecular flexibility index (Phi) is 4.82. The summed E-state index contributed by atoms with van der Waals surface area (Å²) < 4.78 is 7.48. The second-order valence-electron chi connectivity index (χ2n) is 4.71. The molecule has 2 aromatic rings. The maximum Gasteiger partial charge on any atom is 0.142 e. The Morgan fingerprint density at radius 2 is 2.30 bits per heavy atom. The lowest BCUT2D eigenvalue weighted by molar-refractivity contribution is 0.318. The third-order valence-electron chi connectivity index (χ3n) is 2.92. The molecule has 0 aliphatic rings. The normalized spacial score (nSPS) is 10.3. The van der Waals surface area contributed by atoms with E-state index >= 15 is 0 Å². The molecule has 0 amide bonds. The van der Waals surface area contributed by atoms with Crippen molar-refractivity contribution in [3.05, 3.63) is 48.3 Å². The van der Waals surface area contributed by atoms with E-state index in [2.05, 4.69) is 49.0 Å². The van der Waals surface area contributed by atoms with Crippen molar-refractivity contribution < 1.29 is 4.74 Å². The molecule has 0 saturated heterocycles. The van der Waals surface area contributed by atoms with Crippen LogP contribution in [0.15, 0.2) is 37.2 Å². The molecule has 0 saturated carbocycles. The van der Waals surface area contributed by atoms with Crippen LogP contribution < -0.4 is 10.1 Å². The molecule has 1 aromatic heterocycles. The monoisotopic (exact) mass is 271 g/mol. The van der Waals surface area contributed by atoms with Crippen LogP contribution in [0.5, 0.6) is 5.75 Å². The van der Waals surface area contributed by atoms with Crippen LogP contribution in [0.4, 0.5) is 5.69 Å². The van der Waals surface area contributed by atoms with Crippen LogP contribution in [0.1, 0.15) is 24.5 Å². The molecule has 0 atom stereocenters. The average Bonchev–Trinajstić information content (AvgIpc) is 2.92. The fourth-order valence-electron chi connectivity index (χ4n) is 1.87. The molecule has 0 radical (unpaired) electrons. The Bertz CT molecular complexity index is 575. The van der Waals surface area contributed by atoms with Crippen molar-refractivity contribution >= 4 is 11.9 Å². The van der Waals surface area contributed by atoms with Gasteiger partial charge in [0.2, 0.25) is 0 Å². The SMILES string of the molecule is C=Cn1cc(CNc2ccc(C)cc2OCCC)cn1. The van der Waals surface area contributed by atoms with Gasteiger partial charge in [-0.15, -0.1) is 0 Å². The van der Waals surface area contributed by atoms with Gasteiger partial charge < -0.3 is 10.1 Å². The van der Waals surface area contributed by atoms with Crippen molar-refractivity contribution in [2.45, 2.75) is 26.8 Å². The van der Waals surface area contributed by atoms with Crippen LogP contribution in [0.2, 0.25) is 0 Å². The van der Waals surface area contributed by atoms with Gasteiger partial charge in [0.05, 0.1) is 18.5 Å². The van der Waals surface area contributed by atoms with E-state index in [9.17, 15) is 0 Å². The summed E-state index contributed by atoms with van der Waals surface area (Å²) in [6, 6.07) is 6.19. The Balaban J connectivity index is 2.05. The molecule has 20 heavy (non-hydrogen) atoms. The number of rotatable bonds is 7. The van der Waals surface area contributed by atoms with Crippen LogP contribution in [-0.4, -0.2) is 16.4 Å². The summed E-state index contributed by atoms with van der Waals surface area (Å²) in [4.78, 5) is 0. The number of hydrogen-bond acceptors (Lipinski definition) is 3. The highest BCUT2D eigenvalue weighted by Gasteiger charge is 2.04. The lowest BCUT2D eigenvalue weighted by Crippen LogP contribution is -2.03. The van der Waals surface area contributed by atoms with Crippen molar-refractivity contribution in [1.29, 1.82) is 0 Å². The Labute approximate surface area is 120 Å². The third kappa shape index (κ3) is 3.63. The lowest BCUT2D eigenvalue weighted by Gasteiger charge is -2.13. The average molecular weight is 271 g/mol. The second kappa shape index (κ2) is 6.80. The van der Waals surface area contributed by atoms with E-state index in [1.807, 2.05) is 12.4 Å². The zero-order chi connectivity index (χ0) is 14.4. The number of nitrogens with one attached hydrogen (secondary N) is 1. The standard InChI is InChI=1S/C16H21N3O/c1-4-8-20-16-9-13(3)6-7-15(16)17-10-14-11-18-19(5-2)12-14/h5-7,9,11-12,17H,2,4,8,10H2,1,3H3. The van der Waals surface area contributed by atoms with Crippen molar-refractivity contribution in [2.75, 3.05) is 11.9 Å². The first-order chi connectivity index (χ1) is 9.72. The molecule has 0 aliphatic heterocycles. The van der Waals surface area contributed by atoms with Gasteiger partial charge in [-0.25, -0.2) is 4.68 Å². The molecule has 1 N–H and O–H groups in total. The molecule has 0 spiro atoms. The fraction of sp³-hybridized carbons (Fsp3) is 0.312. The molecule has 1 heterocycles. The zero-order valence-electron chi connectivity index (χ0n) is 12.1. The number of ether oxygens (including phenoxy) is 1. The van der Waals surface area contributed by atoms with Crippen LogP contribution in [0.25, 0.3) is 6.20 Å². The quantitative estimate of drug-likeness (QED) is 0.834. The molecule has 0 aliphatic carbocycles. The number of aryl methyl sites for hydroxylation is 1. The summed E-state index contributed by atoms with van der Waals surface area (Å²) in [5.74, 6) is 0.906. The number of aromatic nitrogens is 2. The molecule has 106 valence electrons. The summed E-state index contributed by atoms with van der Waals surface area (Å²) in [6.45, 7) is 9.29. The fourth-order valence-corrected chi connectivity index (χ4v) is 1.87. The number of anilines is 1. The highest BCUT2D eigenvalue weighted by atomic mass is 16.5. The molecule has 2 rings (SSSR count). The minimum atomic E-state index is 0.708. The molecular formula is C16H21N3O. The second-order valence-corrected chi connectivity index (χ2v) is 4.71. The van der Waals surface area contributed by atoms with Gasteiger partial charge in [-0.1, -0.05) is 19.6 Å². The Morgan fingerprint density at radius 1 is 1.45 bits per heavy atom. The zero-order valence-corrected chi connectivity index (χ0v) is 12.1. The van der Waals surface area contributed by atoms with Gasteiger partial charge in [0.25, 0.3) is 0 Å². The smallest absolute Gasteiger partial charge is 0.142 e. The van der Waals surface area contributed by atoms with Gasteiger partial charge in [-0.3, -0.25) is 0 Å². The molecule has 0 bridgehead atoms. The van der Waals surface area contributed by atoms with Gasteiger partial charge in [-0.2, -0.15) is 5.10 Å². The van der Waals surface area contributed by atoms with E-state index in [4.69, 9.17) is 4.74 Å². The van der Waals surface area contributed by atoms with Gasteiger partial charge in [-0.05, 0) is 31.0 Å². The third-order valence-corrected chi connectivity index (χ3v) is 2.92. The minimum absolute atomic E-state index is 0.708. The maximum absolute atomic E-state index is 5.78. The van der Waals surface area contributed by atoms with Crippen LogP contribution in [0, 0.1) is 6.92 Å². The molecule has 1 aromatic carbocycles. The molecule has 0 unspecified atom stereocenters. The summed E-state index contributed by atoms with van der Waals surface area (Å²) in [5, 5.41) is 7.55. The first kappa shape index (κ1) is 14.2. The largest absolute Gasteiger partial charge is 0.491 e. The van der Waals surface area contributed by atoms with Crippen molar-refractivity contribution in [2.24, 2.45) is 0 Å². The summed E-state index contributed by atoms with van der Waals surface area (Å²) in [7, 11) is 0. The topological polar surface area (TPSA) is 39.1 Å². The van der Waals surface area contributed by atoms with Crippen molar-refractivity contribution in [3.63, 3.8) is 0 Å². The first-order valence-electron chi connectivity index (χ1n) is 6.86. The van der Waals surface area contributed by atoms with E-state index in [1.54, 1.807) is 10.9 Å². The molecule has 4 nitrogen and oxygen atoms in total. The predicted molar refractivity (Wildman–Crippen MR) is 82.9 cm³/mol. The van der Waals surface area contributed by atoms with Gasteiger partial charge in [0.15, 0.2) is 0 Å². The highest BCUT2D eigenvalue weighted by Crippen LogP contribution is 2.26. The van der Waals surface area contributed by atoms with E-state index in [0.29, 0.717) is 6.54 Å². The van der Waals surface area contributed by atoms with Crippen molar-refractivity contribution in [3.8, 4) is 5.75 Å². The van der Waals surface area contributed by atoms with E-state index < -0.39 is 0 Å². The summed E-state index contributed by atoms with van der Waals surface area (Å²) >= 11 is 0. The summed E-state index contributed by atoms with van der Waals surface area (Å²) in [5.41, 5.74) is 3.31. The summed E-state index contributed by atoms with van der Waals surface area (Å²) in [6.07, 6.45) is 6.45. The molecule has 4 heteroatoms. The Hall–Kier alpha value is -2.23. The van der Waals surface area contributed by atoms with Crippen molar-refractivity contribution in [1.82, 2.24) is 9.78 Å². The van der Waals surface area contributed by atoms with Crippen LogP contribution >= 0.6 is 0 Å². The number of hydrogen-bond donors (Lipinski definition) is 1. The maximum atomic E-state index is 5.78. The molecule has 0 fully saturated rings.